The fraction of sp³-hybridized carbons (Fsp3) is 0.889. The zero-order valence-electron chi connectivity index (χ0n) is 8.63. The lowest BCUT2D eigenvalue weighted by atomic mass is 10.4. The second kappa shape index (κ2) is 8.01. The number of esters is 1. The van der Waals surface area contributed by atoms with Crippen molar-refractivity contribution < 1.29 is 14.3 Å². The average molecular weight is 189 g/mol. The van der Waals surface area contributed by atoms with Crippen molar-refractivity contribution in [2.24, 2.45) is 0 Å². The summed E-state index contributed by atoms with van der Waals surface area (Å²) in [5.41, 5.74) is 0. The van der Waals surface area contributed by atoms with Gasteiger partial charge in [0.15, 0.2) is 6.10 Å². The highest BCUT2D eigenvalue weighted by Gasteiger charge is 2.12. The van der Waals surface area contributed by atoms with Gasteiger partial charge in [-0.3, -0.25) is 0 Å². The van der Waals surface area contributed by atoms with Crippen LogP contribution in [0.5, 0.6) is 0 Å². The molecule has 0 amide bonds. The first kappa shape index (κ1) is 12.4. The summed E-state index contributed by atoms with van der Waals surface area (Å²) in [6.45, 7) is 6.08. The first-order chi connectivity index (χ1) is 6.22. The third-order valence-corrected chi connectivity index (χ3v) is 1.61. The zero-order chi connectivity index (χ0) is 10.1. The number of rotatable bonds is 7. The number of hydrogen-bond donors (Lipinski definition) is 1. The molecule has 0 aromatic rings. The van der Waals surface area contributed by atoms with Crippen LogP contribution in [0.1, 0.15) is 20.3 Å². The van der Waals surface area contributed by atoms with E-state index in [-0.39, 0.29) is 5.97 Å². The molecule has 1 unspecified atom stereocenters. The van der Waals surface area contributed by atoms with Gasteiger partial charge in [-0.05, 0) is 19.9 Å². The third-order valence-electron chi connectivity index (χ3n) is 1.61. The minimum atomic E-state index is -0.464. The number of ether oxygens (including phenoxy) is 2. The Morgan fingerprint density at radius 2 is 2.15 bits per heavy atom. The molecule has 0 spiro atoms. The van der Waals surface area contributed by atoms with Crippen LogP contribution in [0.25, 0.3) is 0 Å². The minimum absolute atomic E-state index is 0.324. The van der Waals surface area contributed by atoms with Gasteiger partial charge in [-0.1, -0.05) is 6.92 Å². The van der Waals surface area contributed by atoms with Crippen LogP contribution in [0, 0.1) is 0 Å². The SMILES string of the molecule is CCCNCCOC(C)C(=O)OC. The molecule has 0 radical (unpaired) electrons. The first-order valence-electron chi connectivity index (χ1n) is 4.62. The molecule has 0 aromatic heterocycles. The van der Waals surface area contributed by atoms with Gasteiger partial charge in [0, 0.05) is 6.54 Å². The van der Waals surface area contributed by atoms with Crippen LogP contribution >= 0.6 is 0 Å². The molecule has 0 heterocycles. The third kappa shape index (κ3) is 6.54. The predicted molar refractivity (Wildman–Crippen MR) is 50.6 cm³/mol. The van der Waals surface area contributed by atoms with Gasteiger partial charge in [-0.25, -0.2) is 4.79 Å². The first-order valence-corrected chi connectivity index (χ1v) is 4.62. The highest BCUT2D eigenvalue weighted by atomic mass is 16.6. The van der Waals surface area contributed by atoms with Crippen molar-refractivity contribution in [1.29, 1.82) is 0 Å². The van der Waals surface area contributed by atoms with E-state index in [1.807, 2.05) is 0 Å². The van der Waals surface area contributed by atoms with Crippen molar-refractivity contribution >= 4 is 5.97 Å². The maximum atomic E-state index is 10.9. The van der Waals surface area contributed by atoms with Crippen molar-refractivity contribution in [3.05, 3.63) is 0 Å². The number of hydrogen-bond acceptors (Lipinski definition) is 4. The Bertz CT molecular complexity index is 139. The molecule has 0 aliphatic rings. The lowest BCUT2D eigenvalue weighted by Gasteiger charge is -2.10. The van der Waals surface area contributed by atoms with E-state index in [1.165, 1.54) is 7.11 Å². The summed E-state index contributed by atoms with van der Waals surface area (Å²) in [6.07, 6.45) is 0.639. The quantitative estimate of drug-likeness (QED) is 0.469. The molecule has 78 valence electrons. The Hall–Kier alpha value is -0.610. The van der Waals surface area contributed by atoms with Crippen LogP contribution in [0.4, 0.5) is 0 Å². The maximum Gasteiger partial charge on any atom is 0.334 e. The smallest absolute Gasteiger partial charge is 0.334 e. The Morgan fingerprint density at radius 1 is 1.46 bits per heavy atom. The number of nitrogens with one attached hydrogen (secondary N) is 1. The highest BCUT2D eigenvalue weighted by Crippen LogP contribution is 1.92. The van der Waals surface area contributed by atoms with Crippen molar-refractivity contribution in [1.82, 2.24) is 5.32 Å². The molecular formula is C9H19NO3. The van der Waals surface area contributed by atoms with Gasteiger partial charge in [0.1, 0.15) is 0 Å². The predicted octanol–water partition coefficient (Wildman–Crippen LogP) is 0.564. The number of carbonyl (C=O) groups excluding carboxylic acids is 1. The molecule has 4 nitrogen and oxygen atoms in total. The Kier molecular flexibility index (Phi) is 7.63. The summed E-state index contributed by atoms with van der Waals surface area (Å²) in [6, 6.07) is 0. The molecular weight excluding hydrogens is 170 g/mol. The van der Waals surface area contributed by atoms with Gasteiger partial charge < -0.3 is 14.8 Å². The molecule has 13 heavy (non-hydrogen) atoms. The second-order valence-electron chi connectivity index (χ2n) is 2.79. The minimum Gasteiger partial charge on any atom is -0.467 e. The lowest BCUT2D eigenvalue weighted by molar-refractivity contribution is -0.152. The Morgan fingerprint density at radius 3 is 2.69 bits per heavy atom. The number of carbonyl (C=O) groups is 1. The van der Waals surface area contributed by atoms with E-state index in [0.717, 1.165) is 19.5 Å². The largest absolute Gasteiger partial charge is 0.467 e. The highest BCUT2D eigenvalue weighted by molar-refractivity contribution is 5.73. The summed E-state index contributed by atoms with van der Waals surface area (Å²) >= 11 is 0. The van der Waals surface area contributed by atoms with Gasteiger partial charge in [0.05, 0.1) is 13.7 Å². The van der Waals surface area contributed by atoms with Crippen LogP contribution in [-0.4, -0.2) is 38.9 Å². The Balaban J connectivity index is 3.26. The molecule has 0 bridgehead atoms. The van der Waals surface area contributed by atoms with Gasteiger partial charge in [-0.15, -0.1) is 0 Å². The van der Waals surface area contributed by atoms with E-state index < -0.39 is 6.10 Å². The van der Waals surface area contributed by atoms with E-state index >= 15 is 0 Å². The monoisotopic (exact) mass is 189 g/mol. The van der Waals surface area contributed by atoms with Crippen LogP contribution in [0.3, 0.4) is 0 Å². The van der Waals surface area contributed by atoms with Gasteiger partial charge in [0.25, 0.3) is 0 Å². The standard InChI is InChI=1S/C9H19NO3/c1-4-5-10-6-7-13-8(2)9(11)12-3/h8,10H,4-7H2,1-3H3. The molecule has 0 saturated carbocycles. The molecule has 0 aliphatic heterocycles. The maximum absolute atomic E-state index is 10.9. The summed E-state index contributed by atoms with van der Waals surface area (Å²) in [7, 11) is 1.36. The van der Waals surface area contributed by atoms with Crippen molar-refractivity contribution in [3.8, 4) is 0 Å². The van der Waals surface area contributed by atoms with E-state index in [1.54, 1.807) is 6.92 Å². The van der Waals surface area contributed by atoms with Crippen molar-refractivity contribution in [2.75, 3.05) is 26.8 Å². The van der Waals surface area contributed by atoms with Crippen LogP contribution in [0.2, 0.25) is 0 Å². The molecule has 0 saturated heterocycles. The average Bonchev–Trinajstić information content (AvgIpc) is 2.16. The zero-order valence-corrected chi connectivity index (χ0v) is 8.63. The summed E-state index contributed by atoms with van der Waals surface area (Å²) in [5.74, 6) is -0.324. The van der Waals surface area contributed by atoms with E-state index in [0.29, 0.717) is 6.61 Å². The van der Waals surface area contributed by atoms with Gasteiger partial charge in [0.2, 0.25) is 0 Å². The molecule has 0 aliphatic carbocycles. The normalized spacial score (nSPS) is 12.5. The molecule has 0 aromatic carbocycles. The molecule has 4 heteroatoms. The lowest BCUT2D eigenvalue weighted by Crippen LogP contribution is -2.27. The summed E-state index contributed by atoms with van der Waals surface area (Å²) in [5, 5.41) is 3.17. The van der Waals surface area contributed by atoms with Crippen molar-refractivity contribution in [2.45, 2.75) is 26.4 Å². The molecule has 0 rings (SSSR count). The topological polar surface area (TPSA) is 47.6 Å². The van der Waals surface area contributed by atoms with Gasteiger partial charge >= 0.3 is 5.97 Å². The molecule has 1 N–H and O–H groups in total. The summed E-state index contributed by atoms with van der Waals surface area (Å²) < 4.78 is 9.71. The van der Waals surface area contributed by atoms with E-state index in [4.69, 9.17) is 4.74 Å². The fourth-order valence-corrected chi connectivity index (χ4v) is 0.844. The second-order valence-corrected chi connectivity index (χ2v) is 2.79. The summed E-state index contributed by atoms with van der Waals surface area (Å²) in [4.78, 5) is 10.9. The van der Waals surface area contributed by atoms with Crippen molar-refractivity contribution in [3.63, 3.8) is 0 Å². The van der Waals surface area contributed by atoms with Crippen LogP contribution in [-0.2, 0) is 14.3 Å². The van der Waals surface area contributed by atoms with Crippen LogP contribution in [0.15, 0.2) is 0 Å². The van der Waals surface area contributed by atoms with E-state index in [2.05, 4.69) is 17.0 Å². The fourth-order valence-electron chi connectivity index (χ4n) is 0.844. The number of methoxy groups -OCH3 is 1. The van der Waals surface area contributed by atoms with E-state index in [9.17, 15) is 4.79 Å². The Labute approximate surface area is 79.6 Å². The molecule has 1 atom stereocenters. The molecule has 0 fully saturated rings. The van der Waals surface area contributed by atoms with Gasteiger partial charge in [-0.2, -0.15) is 0 Å². The van der Waals surface area contributed by atoms with Crippen LogP contribution < -0.4 is 5.32 Å².